The minimum absolute atomic E-state index is 0.0374. The normalized spacial score (nSPS) is 24.5. The molecule has 152 valence electrons. The van der Waals surface area contributed by atoms with Gasteiger partial charge in [-0.3, -0.25) is 0 Å². The Kier molecular flexibility index (Phi) is 4.89. The van der Waals surface area contributed by atoms with E-state index in [0.29, 0.717) is 5.56 Å². The molecule has 4 atom stereocenters. The molecule has 1 saturated heterocycles. The summed E-state index contributed by atoms with van der Waals surface area (Å²) in [6.45, 7) is -0.249. The van der Waals surface area contributed by atoms with E-state index in [4.69, 9.17) is 13.9 Å². The number of phenols is 3. The lowest BCUT2D eigenvalue weighted by Crippen LogP contribution is -2.54. The van der Waals surface area contributed by atoms with Gasteiger partial charge in [0, 0.05) is 12.1 Å². The highest BCUT2D eigenvalue weighted by atomic mass is 16.7. The number of phenolic OH excluding ortho intramolecular Hbond substituents is 3. The van der Waals surface area contributed by atoms with Crippen LogP contribution < -0.4 is 4.74 Å². The second-order valence-corrected chi connectivity index (χ2v) is 6.73. The van der Waals surface area contributed by atoms with Gasteiger partial charge in [0.2, 0.25) is 12.0 Å². The van der Waals surface area contributed by atoms with Gasteiger partial charge in [0.05, 0.1) is 18.2 Å². The van der Waals surface area contributed by atoms with Gasteiger partial charge in [-0.1, -0.05) is 0 Å². The van der Waals surface area contributed by atoms with E-state index in [1.54, 1.807) is 12.1 Å². The van der Waals surface area contributed by atoms with Gasteiger partial charge in [0.15, 0.2) is 0 Å². The maximum atomic E-state index is 10.2. The average Bonchev–Trinajstić information content (AvgIpc) is 2.69. The van der Waals surface area contributed by atoms with Crippen molar-refractivity contribution in [2.45, 2.75) is 24.6 Å². The quantitative estimate of drug-likeness (QED) is 0.356. The molecule has 0 saturated carbocycles. The molecule has 1 aliphatic heterocycles. The van der Waals surface area contributed by atoms with Gasteiger partial charge in [-0.05, 0) is 24.3 Å². The summed E-state index contributed by atoms with van der Waals surface area (Å²) in [5, 5.41) is 59.3. The van der Waals surface area contributed by atoms with Crippen LogP contribution in [0, 0.1) is 0 Å². The molecule has 29 heavy (non-hydrogen) atoms. The number of aromatic hydroxyl groups is 3. The number of fused-ring (bicyclic) bond motifs is 1. The van der Waals surface area contributed by atoms with Crippen LogP contribution in [0.15, 0.2) is 46.9 Å². The maximum absolute atomic E-state index is 10.2. The van der Waals surface area contributed by atoms with E-state index in [-0.39, 0.29) is 46.3 Å². The van der Waals surface area contributed by atoms with Crippen molar-refractivity contribution in [3.63, 3.8) is 0 Å². The summed E-state index contributed by atoms with van der Waals surface area (Å²) in [5.41, 5.74) is 0.659. The van der Waals surface area contributed by atoms with Crippen molar-refractivity contribution in [1.29, 1.82) is 0 Å². The Hall–Kier alpha value is -3.11. The molecule has 1 aliphatic rings. The Balaban J connectivity index is 1.82. The van der Waals surface area contributed by atoms with Gasteiger partial charge in [-0.15, -0.1) is 0 Å². The molecular weight excluding hydrogens is 384 g/mol. The van der Waals surface area contributed by atoms with Crippen molar-refractivity contribution < 1.29 is 44.5 Å². The van der Waals surface area contributed by atoms with Crippen LogP contribution in [0.4, 0.5) is 0 Å². The standard InChI is InChI=1S/C20H18O9/c21-10-3-1-9(2-4-10)19-16(29-20-18(26)17(25)14(24)8-27-20)7-12-13(23)5-11(22)6-15(12)28-19/h1-7,14,17-18,20,24-26H,8H2,(H2-,21,22,23)/p+1. The van der Waals surface area contributed by atoms with Gasteiger partial charge in [0.1, 0.15) is 40.9 Å². The summed E-state index contributed by atoms with van der Waals surface area (Å²) in [4.78, 5) is 0. The number of aliphatic hydroxyl groups is 3. The molecule has 4 unspecified atom stereocenters. The average molecular weight is 403 g/mol. The molecule has 1 fully saturated rings. The molecule has 2 heterocycles. The zero-order valence-electron chi connectivity index (χ0n) is 15.0. The Morgan fingerprint density at radius 2 is 1.62 bits per heavy atom. The van der Waals surface area contributed by atoms with E-state index < -0.39 is 24.6 Å². The lowest BCUT2D eigenvalue weighted by atomic mass is 10.1. The van der Waals surface area contributed by atoms with Gasteiger partial charge in [0.25, 0.3) is 0 Å². The number of hydrogen-bond donors (Lipinski definition) is 6. The Labute approximate surface area is 164 Å². The summed E-state index contributed by atoms with van der Waals surface area (Å²) in [5.74, 6) is -0.190. The van der Waals surface area contributed by atoms with E-state index in [0.717, 1.165) is 6.07 Å². The summed E-state index contributed by atoms with van der Waals surface area (Å²) >= 11 is 0. The number of rotatable bonds is 3. The van der Waals surface area contributed by atoms with Gasteiger partial charge in [-0.25, -0.2) is 4.42 Å². The molecule has 6 N–H and O–H groups in total. The Bertz CT molecular complexity index is 1030. The van der Waals surface area contributed by atoms with Crippen LogP contribution in [0.5, 0.6) is 23.0 Å². The zero-order chi connectivity index (χ0) is 20.7. The van der Waals surface area contributed by atoms with E-state index in [1.165, 1.54) is 24.3 Å². The molecular formula is C20H19O9+. The van der Waals surface area contributed by atoms with Crippen LogP contribution in [-0.4, -0.2) is 61.8 Å². The van der Waals surface area contributed by atoms with Crippen molar-refractivity contribution in [2.24, 2.45) is 0 Å². The zero-order valence-corrected chi connectivity index (χ0v) is 15.0. The molecule has 0 bridgehead atoms. The van der Waals surface area contributed by atoms with Crippen LogP contribution in [-0.2, 0) is 4.74 Å². The Morgan fingerprint density at radius 1 is 0.897 bits per heavy atom. The van der Waals surface area contributed by atoms with Gasteiger partial charge >= 0.3 is 11.3 Å². The monoisotopic (exact) mass is 403 g/mol. The van der Waals surface area contributed by atoms with Crippen LogP contribution >= 0.6 is 0 Å². The largest absolute Gasteiger partial charge is 0.508 e. The predicted molar refractivity (Wildman–Crippen MR) is 99.4 cm³/mol. The first-order valence-corrected chi connectivity index (χ1v) is 8.78. The summed E-state index contributed by atoms with van der Waals surface area (Å²) in [7, 11) is 0. The highest BCUT2D eigenvalue weighted by molar-refractivity contribution is 5.88. The predicted octanol–water partition coefficient (Wildman–Crippen LogP) is 1.32. The van der Waals surface area contributed by atoms with Gasteiger partial charge in [-0.2, -0.15) is 0 Å². The van der Waals surface area contributed by atoms with E-state index in [2.05, 4.69) is 0 Å². The molecule has 9 heteroatoms. The Morgan fingerprint density at radius 3 is 2.34 bits per heavy atom. The number of benzene rings is 2. The highest BCUT2D eigenvalue weighted by Gasteiger charge is 2.40. The molecule has 9 nitrogen and oxygen atoms in total. The smallest absolute Gasteiger partial charge is 0.402 e. The molecule has 0 radical (unpaired) electrons. The first-order valence-electron chi connectivity index (χ1n) is 8.78. The van der Waals surface area contributed by atoms with Crippen molar-refractivity contribution in [2.75, 3.05) is 6.61 Å². The van der Waals surface area contributed by atoms with Crippen LogP contribution in [0.2, 0.25) is 0 Å². The highest BCUT2D eigenvalue weighted by Crippen LogP contribution is 2.40. The first kappa shape index (κ1) is 19.2. The lowest BCUT2D eigenvalue weighted by Gasteiger charge is -2.34. The molecule has 3 aromatic rings. The van der Waals surface area contributed by atoms with Crippen LogP contribution in [0.25, 0.3) is 22.3 Å². The molecule has 2 aromatic carbocycles. The minimum atomic E-state index is -1.53. The first-order chi connectivity index (χ1) is 13.8. The SMILES string of the molecule is Oc1ccc(-c2[o+]c3cc(O)cc(O)c3cc2OC2OCC(O)C(O)C2O)cc1. The number of aliphatic hydroxyl groups excluding tert-OH is 3. The molecule has 0 aliphatic carbocycles. The number of hydrogen-bond acceptors (Lipinski definition) is 8. The summed E-state index contributed by atoms with van der Waals surface area (Å²) < 4.78 is 16.8. The fraction of sp³-hybridized carbons (Fsp3) is 0.250. The fourth-order valence-electron chi connectivity index (χ4n) is 3.09. The second kappa shape index (κ2) is 7.37. The second-order valence-electron chi connectivity index (χ2n) is 6.73. The van der Waals surface area contributed by atoms with E-state index in [1.807, 2.05) is 0 Å². The third kappa shape index (κ3) is 3.64. The third-order valence-electron chi connectivity index (χ3n) is 4.64. The molecule has 4 rings (SSSR count). The van der Waals surface area contributed by atoms with Crippen molar-refractivity contribution >= 4 is 11.0 Å². The van der Waals surface area contributed by atoms with E-state index >= 15 is 0 Å². The number of ether oxygens (including phenoxy) is 2. The molecule has 0 spiro atoms. The maximum Gasteiger partial charge on any atom is 0.402 e. The van der Waals surface area contributed by atoms with Crippen LogP contribution in [0.3, 0.4) is 0 Å². The minimum Gasteiger partial charge on any atom is -0.508 e. The summed E-state index contributed by atoms with van der Waals surface area (Å²) in [6.07, 6.45) is -5.56. The van der Waals surface area contributed by atoms with Crippen LogP contribution in [0.1, 0.15) is 0 Å². The topological polar surface area (TPSA) is 151 Å². The van der Waals surface area contributed by atoms with Crippen molar-refractivity contribution in [3.8, 4) is 34.3 Å². The van der Waals surface area contributed by atoms with Gasteiger partial charge < -0.3 is 40.1 Å². The molecule has 1 aromatic heterocycles. The van der Waals surface area contributed by atoms with Crippen molar-refractivity contribution in [1.82, 2.24) is 0 Å². The van der Waals surface area contributed by atoms with E-state index in [9.17, 15) is 30.6 Å². The molecule has 0 amide bonds. The lowest BCUT2D eigenvalue weighted by molar-refractivity contribution is -0.242. The summed E-state index contributed by atoms with van der Waals surface area (Å²) in [6, 6.07) is 9.88. The fourth-order valence-corrected chi connectivity index (χ4v) is 3.09. The third-order valence-corrected chi connectivity index (χ3v) is 4.64. The van der Waals surface area contributed by atoms with Crippen molar-refractivity contribution in [3.05, 3.63) is 42.5 Å².